The first kappa shape index (κ1) is 19.5. The third-order valence-corrected chi connectivity index (χ3v) is 5.60. The summed E-state index contributed by atoms with van der Waals surface area (Å²) in [5.74, 6) is 0. The first-order valence-corrected chi connectivity index (χ1v) is 10.0. The zero-order chi connectivity index (χ0) is 19.0. The van der Waals surface area contributed by atoms with E-state index < -0.39 is 10.0 Å². The summed E-state index contributed by atoms with van der Waals surface area (Å²) in [7, 11) is -3.61. The van der Waals surface area contributed by atoms with Gasteiger partial charge in [0, 0.05) is 5.69 Å². The van der Waals surface area contributed by atoms with Crippen molar-refractivity contribution in [2.24, 2.45) is 0 Å². The van der Waals surface area contributed by atoms with Crippen LogP contribution in [0.15, 0.2) is 47.4 Å². The zero-order valence-electron chi connectivity index (χ0n) is 16.3. The molecule has 0 saturated heterocycles. The van der Waals surface area contributed by atoms with E-state index in [1.165, 1.54) is 0 Å². The minimum atomic E-state index is -3.61. The van der Waals surface area contributed by atoms with E-state index in [-0.39, 0.29) is 15.7 Å². The molecule has 3 nitrogen and oxygen atoms in total. The highest BCUT2D eigenvalue weighted by Gasteiger charge is 2.22. The first-order chi connectivity index (χ1) is 11.3. The van der Waals surface area contributed by atoms with Crippen molar-refractivity contribution >= 4 is 15.7 Å². The Bertz CT molecular complexity index is 837. The molecule has 0 amide bonds. The lowest BCUT2D eigenvalue weighted by Crippen LogP contribution is -2.19. The summed E-state index contributed by atoms with van der Waals surface area (Å²) in [5.41, 5.74) is 3.62. The van der Waals surface area contributed by atoms with E-state index in [2.05, 4.69) is 52.3 Å². The second-order valence-corrected chi connectivity index (χ2v) is 10.4. The lowest BCUT2D eigenvalue weighted by atomic mass is 9.80. The molecule has 136 valence electrons. The average molecular weight is 360 g/mol. The molecule has 0 unspecified atom stereocenters. The molecule has 0 atom stereocenters. The number of hydrogen-bond acceptors (Lipinski definition) is 2. The van der Waals surface area contributed by atoms with Crippen LogP contribution < -0.4 is 4.72 Å². The predicted molar refractivity (Wildman–Crippen MR) is 106 cm³/mol. The van der Waals surface area contributed by atoms with Crippen molar-refractivity contribution in [3.8, 4) is 0 Å². The number of hydrogen-bond donors (Lipinski definition) is 1. The highest BCUT2D eigenvalue weighted by atomic mass is 32.2. The van der Waals surface area contributed by atoms with Crippen molar-refractivity contribution in [2.45, 2.75) is 64.2 Å². The topological polar surface area (TPSA) is 46.2 Å². The Hall–Kier alpha value is -1.81. The number of anilines is 1. The molecule has 4 heteroatoms. The van der Waals surface area contributed by atoms with Crippen LogP contribution in [-0.2, 0) is 20.9 Å². The van der Waals surface area contributed by atoms with Crippen molar-refractivity contribution in [3.63, 3.8) is 0 Å². The normalized spacial score (nSPS) is 12.9. The predicted octanol–water partition coefficient (Wildman–Crippen LogP) is 5.39. The Morgan fingerprint density at radius 1 is 0.800 bits per heavy atom. The van der Waals surface area contributed by atoms with E-state index >= 15 is 0 Å². The van der Waals surface area contributed by atoms with Gasteiger partial charge in [-0.05, 0) is 58.7 Å². The molecule has 0 spiro atoms. The van der Waals surface area contributed by atoms with E-state index in [0.717, 1.165) is 16.7 Å². The van der Waals surface area contributed by atoms with Gasteiger partial charge in [0.2, 0.25) is 0 Å². The van der Waals surface area contributed by atoms with Gasteiger partial charge in [0.25, 0.3) is 10.0 Å². The highest BCUT2D eigenvalue weighted by molar-refractivity contribution is 7.92. The van der Waals surface area contributed by atoms with E-state index in [0.29, 0.717) is 5.69 Å². The molecule has 0 saturated carbocycles. The van der Waals surface area contributed by atoms with Gasteiger partial charge in [-0.15, -0.1) is 0 Å². The number of nitrogens with one attached hydrogen (secondary N) is 1. The van der Waals surface area contributed by atoms with Gasteiger partial charge in [0.05, 0.1) is 4.90 Å². The lowest BCUT2D eigenvalue weighted by Gasteiger charge is -2.26. The van der Waals surface area contributed by atoms with E-state index in [1.807, 2.05) is 25.1 Å². The van der Waals surface area contributed by atoms with Gasteiger partial charge in [-0.3, -0.25) is 4.72 Å². The van der Waals surface area contributed by atoms with Gasteiger partial charge >= 0.3 is 0 Å². The molecule has 1 N–H and O–H groups in total. The number of sulfonamides is 1. The summed E-state index contributed by atoms with van der Waals surface area (Å²) in [5, 5.41) is 0. The Morgan fingerprint density at radius 2 is 1.32 bits per heavy atom. The van der Waals surface area contributed by atoms with Crippen LogP contribution >= 0.6 is 0 Å². The van der Waals surface area contributed by atoms with Crippen molar-refractivity contribution in [1.29, 1.82) is 0 Å². The largest absolute Gasteiger partial charge is 0.280 e. The number of benzene rings is 2. The van der Waals surface area contributed by atoms with Gasteiger partial charge < -0.3 is 0 Å². The Kier molecular flexibility index (Phi) is 5.06. The lowest BCUT2D eigenvalue weighted by molar-refractivity contribution is 0.568. The van der Waals surface area contributed by atoms with Crippen LogP contribution in [0.3, 0.4) is 0 Å². The summed E-state index contributed by atoms with van der Waals surface area (Å²) >= 11 is 0. The molecule has 0 aliphatic heterocycles. The van der Waals surface area contributed by atoms with E-state index in [9.17, 15) is 8.42 Å². The molecule has 2 aromatic rings. The van der Waals surface area contributed by atoms with Crippen molar-refractivity contribution in [1.82, 2.24) is 0 Å². The van der Waals surface area contributed by atoms with Gasteiger partial charge in [-0.2, -0.15) is 0 Å². The maximum absolute atomic E-state index is 12.8. The Morgan fingerprint density at radius 3 is 1.76 bits per heavy atom. The fourth-order valence-corrected chi connectivity index (χ4v) is 3.69. The van der Waals surface area contributed by atoms with Crippen LogP contribution in [0.2, 0.25) is 0 Å². The second-order valence-electron chi connectivity index (χ2n) is 8.72. The van der Waals surface area contributed by atoms with Crippen LogP contribution in [0.1, 0.15) is 58.2 Å². The molecule has 25 heavy (non-hydrogen) atoms. The maximum atomic E-state index is 12.8. The van der Waals surface area contributed by atoms with Crippen LogP contribution in [-0.4, -0.2) is 8.42 Å². The molecule has 2 rings (SSSR count). The maximum Gasteiger partial charge on any atom is 0.261 e. The van der Waals surface area contributed by atoms with E-state index in [1.54, 1.807) is 18.2 Å². The molecule has 2 aromatic carbocycles. The molecule has 0 aliphatic carbocycles. The molecular formula is C21H29NO2S. The van der Waals surface area contributed by atoms with Crippen molar-refractivity contribution < 1.29 is 8.42 Å². The van der Waals surface area contributed by atoms with Gasteiger partial charge in [0.15, 0.2) is 0 Å². The summed E-state index contributed by atoms with van der Waals surface area (Å²) in [6.45, 7) is 14.7. The smallest absolute Gasteiger partial charge is 0.261 e. The first-order valence-electron chi connectivity index (χ1n) is 8.54. The summed E-state index contributed by atoms with van der Waals surface area (Å²) in [4.78, 5) is 0.283. The zero-order valence-corrected chi connectivity index (χ0v) is 17.1. The standard InChI is InChI=1S/C21H29NO2S/c1-15-9-8-10-19(11-15)25(23,24)22-18-13-16(20(2,3)4)12-17(14-18)21(5,6)7/h8-14,22H,1-7H3. The molecule has 0 bridgehead atoms. The third-order valence-electron chi connectivity index (χ3n) is 4.22. The van der Waals surface area contributed by atoms with Gasteiger partial charge in [-0.25, -0.2) is 8.42 Å². The fraction of sp³-hybridized carbons (Fsp3) is 0.429. The SMILES string of the molecule is Cc1cccc(S(=O)(=O)Nc2cc(C(C)(C)C)cc(C(C)(C)C)c2)c1. The van der Waals surface area contributed by atoms with Crippen LogP contribution in [0.4, 0.5) is 5.69 Å². The van der Waals surface area contributed by atoms with Crippen LogP contribution in [0.5, 0.6) is 0 Å². The number of rotatable bonds is 3. The van der Waals surface area contributed by atoms with Crippen LogP contribution in [0.25, 0.3) is 0 Å². The summed E-state index contributed by atoms with van der Waals surface area (Å²) in [6, 6.07) is 13.0. The molecular weight excluding hydrogens is 330 g/mol. The third kappa shape index (κ3) is 4.85. The highest BCUT2D eigenvalue weighted by Crippen LogP contribution is 2.32. The molecule has 0 radical (unpaired) electrons. The fourth-order valence-electron chi connectivity index (χ4n) is 2.55. The molecule has 0 heterocycles. The summed E-state index contributed by atoms with van der Waals surface area (Å²) in [6.07, 6.45) is 0. The molecule has 0 aliphatic rings. The quantitative estimate of drug-likeness (QED) is 0.798. The van der Waals surface area contributed by atoms with Gasteiger partial charge in [0.1, 0.15) is 0 Å². The van der Waals surface area contributed by atoms with Crippen molar-refractivity contribution in [3.05, 3.63) is 59.2 Å². The van der Waals surface area contributed by atoms with Crippen LogP contribution in [0, 0.1) is 6.92 Å². The van der Waals surface area contributed by atoms with Gasteiger partial charge in [-0.1, -0.05) is 59.7 Å². The minimum absolute atomic E-state index is 0.0647. The Balaban J connectivity index is 2.52. The second kappa shape index (κ2) is 6.49. The minimum Gasteiger partial charge on any atom is -0.280 e. The van der Waals surface area contributed by atoms with Crippen molar-refractivity contribution in [2.75, 3.05) is 4.72 Å². The summed E-state index contributed by atoms with van der Waals surface area (Å²) < 4.78 is 28.3. The molecule has 0 aromatic heterocycles. The number of aryl methyl sites for hydroxylation is 1. The average Bonchev–Trinajstić information content (AvgIpc) is 2.44. The van der Waals surface area contributed by atoms with E-state index in [4.69, 9.17) is 0 Å². The monoisotopic (exact) mass is 359 g/mol. The molecule has 0 fully saturated rings. The Labute approximate surface area is 152 Å².